The molecule has 92 valence electrons. The summed E-state index contributed by atoms with van der Waals surface area (Å²) in [6, 6.07) is 7.79. The number of benzene rings is 1. The largest absolute Gasteiger partial charge is 0.369 e. The molecule has 1 aromatic rings. The van der Waals surface area contributed by atoms with E-state index in [-0.39, 0.29) is 18.6 Å². The van der Waals surface area contributed by atoms with Crippen LogP contribution in [0.25, 0.3) is 0 Å². The van der Waals surface area contributed by atoms with Gasteiger partial charge in [0.1, 0.15) is 6.61 Å². The van der Waals surface area contributed by atoms with Crippen LogP contribution < -0.4 is 10.2 Å². The highest BCUT2D eigenvalue weighted by Crippen LogP contribution is 2.28. The first-order valence-electron chi connectivity index (χ1n) is 5.53. The number of carbonyl (C=O) groups excluding carboxylic acids is 1. The Bertz CT molecular complexity index is 409. The summed E-state index contributed by atoms with van der Waals surface area (Å²) in [4.78, 5) is 13.8. The van der Waals surface area contributed by atoms with E-state index in [1.807, 2.05) is 36.2 Å². The number of anilines is 1. The maximum absolute atomic E-state index is 12.0. The third-order valence-corrected chi connectivity index (χ3v) is 3.39. The molecule has 0 saturated carbocycles. The number of ether oxygens (including phenoxy) is 1. The van der Waals surface area contributed by atoms with E-state index < -0.39 is 0 Å². The smallest absolute Gasteiger partial charge is 0.253 e. The first-order valence-corrected chi connectivity index (χ1v) is 6.32. The van der Waals surface area contributed by atoms with Crippen molar-refractivity contribution < 1.29 is 9.53 Å². The second-order valence-electron chi connectivity index (χ2n) is 3.94. The molecule has 1 amide bonds. The number of hydrogen-bond donors (Lipinski definition) is 1. The zero-order valence-corrected chi connectivity index (χ0v) is 11.2. The molecule has 1 aliphatic heterocycles. The van der Waals surface area contributed by atoms with Gasteiger partial charge < -0.3 is 15.0 Å². The number of nitrogens with one attached hydrogen (secondary N) is 1. The van der Waals surface area contributed by atoms with Gasteiger partial charge in [-0.15, -0.1) is 0 Å². The molecule has 1 atom stereocenters. The van der Waals surface area contributed by atoms with E-state index in [1.165, 1.54) is 0 Å². The molecule has 2 rings (SSSR count). The lowest BCUT2D eigenvalue weighted by molar-refractivity contribution is -0.127. The second-order valence-corrected chi connectivity index (χ2v) is 4.80. The van der Waals surface area contributed by atoms with Crippen molar-refractivity contribution in [1.82, 2.24) is 5.32 Å². The van der Waals surface area contributed by atoms with Crippen LogP contribution in [0.2, 0.25) is 0 Å². The Kier molecular flexibility index (Phi) is 4.15. The molecule has 0 radical (unpaired) electrons. The molecule has 0 bridgehead atoms. The highest BCUT2D eigenvalue weighted by Gasteiger charge is 2.30. The van der Waals surface area contributed by atoms with Gasteiger partial charge in [-0.1, -0.05) is 12.1 Å². The quantitative estimate of drug-likeness (QED) is 0.917. The maximum Gasteiger partial charge on any atom is 0.253 e. The number of para-hydroxylation sites is 1. The molecule has 1 unspecified atom stereocenters. The van der Waals surface area contributed by atoms with Crippen LogP contribution in [0.1, 0.15) is 0 Å². The predicted octanol–water partition coefficient (Wildman–Crippen LogP) is 1.40. The first-order chi connectivity index (χ1) is 8.24. The summed E-state index contributed by atoms with van der Waals surface area (Å²) in [5, 5.41) is 3.09. The fourth-order valence-electron chi connectivity index (χ4n) is 1.99. The van der Waals surface area contributed by atoms with Crippen molar-refractivity contribution in [3.8, 4) is 0 Å². The second kappa shape index (κ2) is 5.62. The van der Waals surface area contributed by atoms with Gasteiger partial charge in [0.25, 0.3) is 5.91 Å². The van der Waals surface area contributed by atoms with Gasteiger partial charge >= 0.3 is 0 Å². The Labute approximate surface area is 109 Å². The van der Waals surface area contributed by atoms with Gasteiger partial charge in [-0.05, 0) is 35.1 Å². The van der Waals surface area contributed by atoms with Crippen LogP contribution >= 0.6 is 15.9 Å². The molecular formula is C12H15BrN2O2. The van der Waals surface area contributed by atoms with Crippen LogP contribution in [0.15, 0.2) is 28.7 Å². The number of rotatable bonds is 3. The topological polar surface area (TPSA) is 41.6 Å². The number of halogens is 1. The van der Waals surface area contributed by atoms with Crippen molar-refractivity contribution in [2.75, 3.05) is 31.7 Å². The minimum absolute atomic E-state index is 0.00315. The normalized spacial score (nSPS) is 20.7. The number of carbonyl (C=O) groups is 1. The molecule has 0 aromatic heterocycles. The van der Waals surface area contributed by atoms with Gasteiger partial charge in [-0.3, -0.25) is 4.79 Å². The van der Waals surface area contributed by atoms with Crippen LogP contribution in [0.4, 0.5) is 5.69 Å². The van der Waals surface area contributed by atoms with Gasteiger partial charge in [0, 0.05) is 11.0 Å². The van der Waals surface area contributed by atoms with Gasteiger partial charge in [-0.2, -0.15) is 0 Å². The number of nitrogens with zero attached hydrogens (tertiary/aromatic N) is 1. The third kappa shape index (κ3) is 2.68. The molecule has 0 spiro atoms. The van der Waals surface area contributed by atoms with Gasteiger partial charge in [0.2, 0.25) is 0 Å². The first kappa shape index (κ1) is 12.5. The highest BCUT2D eigenvalue weighted by atomic mass is 79.9. The molecule has 0 aliphatic carbocycles. The van der Waals surface area contributed by atoms with E-state index in [0.29, 0.717) is 13.2 Å². The molecule has 1 N–H and O–H groups in total. The third-order valence-electron chi connectivity index (χ3n) is 2.72. The minimum Gasteiger partial charge on any atom is -0.369 e. The minimum atomic E-state index is 0.00315. The fraction of sp³-hybridized carbons (Fsp3) is 0.417. The lowest BCUT2D eigenvalue weighted by Crippen LogP contribution is -2.53. The lowest BCUT2D eigenvalue weighted by atomic mass is 10.2. The Balaban J connectivity index is 2.31. The molecular weight excluding hydrogens is 284 g/mol. The fourth-order valence-corrected chi connectivity index (χ4v) is 2.47. The molecule has 1 saturated heterocycles. The van der Waals surface area contributed by atoms with Crippen LogP contribution in [0.3, 0.4) is 0 Å². The monoisotopic (exact) mass is 298 g/mol. The number of amides is 1. The maximum atomic E-state index is 12.0. The van der Waals surface area contributed by atoms with E-state index in [0.717, 1.165) is 10.2 Å². The van der Waals surface area contributed by atoms with E-state index in [9.17, 15) is 4.79 Å². The molecule has 17 heavy (non-hydrogen) atoms. The van der Waals surface area contributed by atoms with Crippen LogP contribution in [0.5, 0.6) is 0 Å². The number of morpholine rings is 1. The summed E-state index contributed by atoms with van der Waals surface area (Å²) >= 11 is 3.48. The Morgan fingerprint density at radius 2 is 2.29 bits per heavy atom. The Hall–Kier alpha value is -0.910. The highest BCUT2D eigenvalue weighted by molar-refractivity contribution is 9.10. The predicted molar refractivity (Wildman–Crippen MR) is 70.2 cm³/mol. The lowest BCUT2D eigenvalue weighted by Gasteiger charge is -2.35. The van der Waals surface area contributed by atoms with Crippen molar-refractivity contribution in [3.63, 3.8) is 0 Å². The van der Waals surface area contributed by atoms with Gasteiger partial charge in [0.05, 0.1) is 18.3 Å². The number of likely N-dealkylation sites (N-methyl/N-ethyl adjacent to an activating group) is 1. The van der Waals surface area contributed by atoms with E-state index in [2.05, 4.69) is 21.2 Å². The molecule has 5 heteroatoms. The Morgan fingerprint density at radius 3 is 3.00 bits per heavy atom. The average molecular weight is 299 g/mol. The summed E-state index contributed by atoms with van der Waals surface area (Å²) in [7, 11) is 1.87. The van der Waals surface area contributed by atoms with E-state index in [1.54, 1.807) is 0 Å². The molecule has 1 fully saturated rings. The summed E-state index contributed by atoms with van der Waals surface area (Å²) in [6.07, 6.45) is 0. The van der Waals surface area contributed by atoms with Crippen molar-refractivity contribution in [3.05, 3.63) is 28.7 Å². The van der Waals surface area contributed by atoms with Gasteiger partial charge in [-0.25, -0.2) is 0 Å². The molecule has 1 heterocycles. The Morgan fingerprint density at radius 1 is 1.53 bits per heavy atom. The van der Waals surface area contributed by atoms with Crippen molar-refractivity contribution in [1.29, 1.82) is 0 Å². The molecule has 1 aromatic carbocycles. The van der Waals surface area contributed by atoms with Crippen molar-refractivity contribution >= 4 is 27.5 Å². The zero-order chi connectivity index (χ0) is 12.3. The van der Waals surface area contributed by atoms with Crippen LogP contribution in [0, 0.1) is 0 Å². The SMILES string of the molecule is CNCC1COCC(=O)N1c1ccccc1Br. The molecule has 4 nitrogen and oxygen atoms in total. The molecule has 1 aliphatic rings. The summed E-state index contributed by atoms with van der Waals surface area (Å²) in [5.74, 6) is 0.00315. The van der Waals surface area contributed by atoms with Crippen molar-refractivity contribution in [2.45, 2.75) is 6.04 Å². The van der Waals surface area contributed by atoms with Crippen LogP contribution in [-0.4, -0.2) is 38.8 Å². The summed E-state index contributed by atoms with van der Waals surface area (Å²) in [5.41, 5.74) is 0.904. The van der Waals surface area contributed by atoms with E-state index >= 15 is 0 Å². The zero-order valence-electron chi connectivity index (χ0n) is 9.65. The summed E-state index contributed by atoms with van der Waals surface area (Å²) in [6.45, 7) is 1.43. The van der Waals surface area contributed by atoms with E-state index in [4.69, 9.17) is 4.74 Å². The van der Waals surface area contributed by atoms with Gasteiger partial charge in [0.15, 0.2) is 0 Å². The van der Waals surface area contributed by atoms with Crippen LogP contribution in [-0.2, 0) is 9.53 Å². The number of hydrogen-bond acceptors (Lipinski definition) is 3. The standard InChI is InChI=1S/C12H15BrN2O2/c1-14-6-9-7-17-8-12(16)15(9)11-5-3-2-4-10(11)13/h2-5,9,14H,6-8H2,1H3. The summed E-state index contributed by atoms with van der Waals surface area (Å²) < 4.78 is 6.22. The average Bonchev–Trinajstić information content (AvgIpc) is 2.31. The van der Waals surface area contributed by atoms with Crippen molar-refractivity contribution in [2.24, 2.45) is 0 Å².